The topological polar surface area (TPSA) is 75.6 Å². The van der Waals surface area contributed by atoms with Gasteiger partial charge in [0.25, 0.3) is 11.7 Å². The standard InChI is InChI=1S/C19H17NO4/c1-11-3-5-12(6-4-11)16-15(18(22)19(23)20-16)17(21)13-7-9-14(24-2)10-8-13/h3-10,16,21H,1-2H3,(H,20,23)/b17-15+. The molecule has 5 nitrogen and oxygen atoms in total. The average Bonchev–Trinajstić information content (AvgIpc) is 2.90. The van der Waals surface area contributed by atoms with E-state index < -0.39 is 17.7 Å². The van der Waals surface area contributed by atoms with Gasteiger partial charge >= 0.3 is 0 Å². The molecule has 2 aromatic carbocycles. The van der Waals surface area contributed by atoms with Gasteiger partial charge in [0.2, 0.25) is 0 Å². The predicted molar refractivity (Wildman–Crippen MR) is 89.6 cm³/mol. The van der Waals surface area contributed by atoms with Gasteiger partial charge in [-0.15, -0.1) is 0 Å². The van der Waals surface area contributed by atoms with Crippen molar-refractivity contribution in [1.82, 2.24) is 5.32 Å². The van der Waals surface area contributed by atoms with Crippen LogP contribution in [0.1, 0.15) is 22.7 Å². The minimum Gasteiger partial charge on any atom is -0.507 e. The van der Waals surface area contributed by atoms with Gasteiger partial charge in [-0.3, -0.25) is 9.59 Å². The Morgan fingerprint density at radius 2 is 1.67 bits per heavy atom. The summed E-state index contributed by atoms with van der Waals surface area (Å²) in [5, 5.41) is 13.2. The quantitative estimate of drug-likeness (QED) is 0.517. The third-order valence-corrected chi connectivity index (χ3v) is 4.04. The number of ether oxygens (including phenoxy) is 1. The first-order chi connectivity index (χ1) is 11.5. The molecule has 24 heavy (non-hydrogen) atoms. The maximum atomic E-state index is 12.2. The van der Waals surface area contributed by atoms with Gasteiger partial charge in [-0.25, -0.2) is 0 Å². The van der Waals surface area contributed by atoms with E-state index in [1.807, 2.05) is 31.2 Å². The molecule has 0 bridgehead atoms. The van der Waals surface area contributed by atoms with Crippen LogP contribution in [0, 0.1) is 6.92 Å². The van der Waals surface area contributed by atoms with Crippen LogP contribution in [0.4, 0.5) is 0 Å². The van der Waals surface area contributed by atoms with Gasteiger partial charge in [-0.1, -0.05) is 29.8 Å². The SMILES string of the molecule is COc1ccc(/C(O)=C2\C(=O)C(=O)NC2c2ccc(C)cc2)cc1. The maximum Gasteiger partial charge on any atom is 0.293 e. The Bertz CT molecular complexity index is 819. The molecule has 1 heterocycles. The van der Waals surface area contributed by atoms with Crippen LogP contribution in [0.3, 0.4) is 0 Å². The number of hydrogen-bond donors (Lipinski definition) is 2. The maximum absolute atomic E-state index is 12.2. The Labute approximate surface area is 139 Å². The van der Waals surface area contributed by atoms with Crippen molar-refractivity contribution < 1.29 is 19.4 Å². The Balaban J connectivity index is 2.07. The Morgan fingerprint density at radius 1 is 1.04 bits per heavy atom. The number of rotatable bonds is 3. The van der Waals surface area contributed by atoms with Crippen molar-refractivity contribution in [3.8, 4) is 5.75 Å². The second-order valence-electron chi connectivity index (χ2n) is 5.64. The third-order valence-electron chi connectivity index (χ3n) is 4.04. The molecule has 1 fully saturated rings. The minimum absolute atomic E-state index is 0.0639. The van der Waals surface area contributed by atoms with Crippen LogP contribution in [-0.2, 0) is 9.59 Å². The molecular weight excluding hydrogens is 306 g/mol. The zero-order chi connectivity index (χ0) is 17.3. The number of ketones is 1. The van der Waals surface area contributed by atoms with Crippen molar-refractivity contribution in [3.63, 3.8) is 0 Å². The van der Waals surface area contributed by atoms with Crippen LogP contribution < -0.4 is 10.1 Å². The van der Waals surface area contributed by atoms with Crippen molar-refractivity contribution in [3.05, 3.63) is 70.8 Å². The van der Waals surface area contributed by atoms with Gasteiger partial charge in [-0.2, -0.15) is 0 Å². The van der Waals surface area contributed by atoms with E-state index in [0.29, 0.717) is 11.3 Å². The van der Waals surface area contributed by atoms with Crippen molar-refractivity contribution in [1.29, 1.82) is 0 Å². The molecule has 5 heteroatoms. The van der Waals surface area contributed by atoms with Gasteiger partial charge in [0.05, 0.1) is 18.7 Å². The summed E-state index contributed by atoms with van der Waals surface area (Å²) >= 11 is 0. The number of carbonyl (C=O) groups excluding carboxylic acids is 2. The molecule has 2 aromatic rings. The molecular formula is C19H17NO4. The molecule has 1 aliphatic heterocycles. The van der Waals surface area contributed by atoms with Crippen molar-refractivity contribution in [2.75, 3.05) is 7.11 Å². The highest BCUT2D eigenvalue weighted by molar-refractivity contribution is 6.46. The number of aliphatic hydroxyl groups is 1. The second kappa shape index (κ2) is 6.20. The van der Waals surface area contributed by atoms with E-state index in [1.165, 1.54) is 0 Å². The number of amides is 1. The number of nitrogens with one attached hydrogen (secondary N) is 1. The monoisotopic (exact) mass is 323 g/mol. The molecule has 1 unspecified atom stereocenters. The first-order valence-electron chi connectivity index (χ1n) is 7.50. The van der Waals surface area contributed by atoms with Crippen LogP contribution in [-0.4, -0.2) is 23.9 Å². The summed E-state index contributed by atoms with van der Waals surface area (Å²) < 4.78 is 5.08. The van der Waals surface area contributed by atoms with E-state index in [0.717, 1.165) is 11.1 Å². The predicted octanol–water partition coefficient (Wildman–Crippen LogP) is 2.71. The van der Waals surface area contributed by atoms with Gasteiger partial charge in [0.15, 0.2) is 0 Å². The van der Waals surface area contributed by atoms with Crippen LogP contribution in [0.5, 0.6) is 5.75 Å². The van der Waals surface area contributed by atoms with E-state index in [9.17, 15) is 14.7 Å². The summed E-state index contributed by atoms with van der Waals surface area (Å²) in [6.07, 6.45) is 0. The lowest BCUT2D eigenvalue weighted by Gasteiger charge is -2.14. The van der Waals surface area contributed by atoms with Crippen LogP contribution in [0.25, 0.3) is 5.76 Å². The average molecular weight is 323 g/mol. The summed E-state index contributed by atoms with van der Waals surface area (Å²) in [6, 6.07) is 13.4. The van der Waals surface area contributed by atoms with E-state index in [4.69, 9.17) is 4.74 Å². The second-order valence-corrected chi connectivity index (χ2v) is 5.64. The summed E-state index contributed by atoms with van der Waals surface area (Å²) in [5.41, 5.74) is 2.33. The lowest BCUT2D eigenvalue weighted by molar-refractivity contribution is -0.133. The normalized spacial score (nSPS) is 19.2. The summed E-state index contributed by atoms with van der Waals surface area (Å²) in [7, 11) is 1.55. The summed E-state index contributed by atoms with van der Waals surface area (Å²) in [4.78, 5) is 24.1. The van der Waals surface area contributed by atoms with E-state index >= 15 is 0 Å². The summed E-state index contributed by atoms with van der Waals surface area (Å²) in [5.74, 6) is -0.991. The molecule has 0 aliphatic carbocycles. The van der Waals surface area contributed by atoms with Crippen molar-refractivity contribution >= 4 is 17.4 Å². The molecule has 0 spiro atoms. The van der Waals surface area contributed by atoms with Crippen molar-refractivity contribution in [2.24, 2.45) is 0 Å². The number of methoxy groups -OCH3 is 1. The largest absolute Gasteiger partial charge is 0.507 e. The third kappa shape index (κ3) is 2.76. The zero-order valence-corrected chi connectivity index (χ0v) is 13.4. The summed E-state index contributed by atoms with van der Waals surface area (Å²) in [6.45, 7) is 1.95. The van der Waals surface area contributed by atoms with Gasteiger partial charge in [0, 0.05) is 5.56 Å². The fourth-order valence-corrected chi connectivity index (χ4v) is 2.68. The van der Waals surface area contributed by atoms with Gasteiger partial charge < -0.3 is 15.2 Å². The lowest BCUT2D eigenvalue weighted by Crippen LogP contribution is -2.21. The fourth-order valence-electron chi connectivity index (χ4n) is 2.68. The molecule has 0 saturated carbocycles. The minimum atomic E-state index is -0.714. The van der Waals surface area contributed by atoms with Gasteiger partial charge in [-0.05, 0) is 36.8 Å². The molecule has 1 saturated heterocycles. The molecule has 0 aromatic heterocycles. The Hall–Kier alpha value is -3.08. The van der Waals surface area contributed by atoms with Crippen LogP contribution in [0.2, 0.25) is 0 Å². The lowest BCUT2D eigenvalue weighted by atomic mass is 9.95. The van der Waals surface area contributed by atoms with Crippen molar-refractivity contribution in [2.45, 2.75) is 13.0 Å². The van der Waals surface area contributed by atoms with E-state index in [-0.39, 0.29) is 11.3 Å². The smallest absolute Gasteiger partial charge is 0.293 e. The number of aliphatic hydroxyl groups excluding tert-OH is 1. The number of aryl methyl sites for hydroxylation is 1. The highest BCUT2D eigenvalue weighted by Gasteiger charge is 2.39. The number of carbonyl (C=O) groups is 2. The molecule has 1 atom stereocenters. The Morgan fingerprint density at radius 3 is 2.25 bits per heavy atom. The highest BCUT2D eigenvalue weighted by Crippen LogP contribution is 2.33. The Kier molecular flexibility index (Phi) is 4.08. The highest BCUT2D eigenvalue weighted by atomic mass is 16.5. The molecule has 0 radical (unpaired) electrons. The molecule has 2 N–H and O–H groups in total. The fraction of sp³-hybridized carbons (Fsp3) is 0.158. The molecule has 1 aliphatic rings. The molecule has 122 valence electrons. The van der Waals surface area contributed by atoms with Crippen LogP contribution >= 0.6 is 0 Å². The first kappa shape index (κ1) is 15.8. The number of benzene rings is 2. The first-order valence-corrected chi connectivity index (χ1v) is 7.50. The van der Waals surface area contributed by atoms with Gasteiger partial charge in [0.1, 0.15) is 11.5 Å². The van der Waals surface area contributed by atoms with E-state index in [1.54, 1.807) is 31.4 Å². The van der Waals surface area contributed by atoms with Crippen LogP contribution in [0.15, 0.2) is 54.1 Å². The number of Topliss-reactive ketones (excluding diaryl/α,β-unsaturated/α-hetero) is 1. The van der Waals surface area contributed by atoms with E-state index in [2.05, 4.69) is 5.32 Å². The molecule has 3 rings (SSSR count). The number of hydrogen-bond acceptors (Lipinski definition) is 4. The zero-order valence-electron chi connectivity index (χ0n) is 13.4. The molecule has 1 amide bonds.